The summed E-state index contributed by atoms with van der Waals surface area (Å²) in [6.07, 6.45) is 0. The molecule has 0 radical (unpaired) electrons. The highest BCUT2D eigenvalue weighted by Gasteiger charge is 2.57. The van der Waals surface area contributed by atoms with Gasteiger partial charge in [-0.05, 0) is 0 Å². The van der Waals surface area contributed by atoms with Gasteiger partial charge < -0.3 is 24.9 Å². The summed E-state index contributed by atoms with van der Waals surface area (Å²) in [6.45, 7) is 0.508. The third-order valence-corrected chi connectivity index (χ3v) is 9.50. The van der Waals surface area contributed by atoms with Crippen molar-refractivity contribution in [2.45, 2.75) is 15.8 Å². The van der Waals surface area contributed by atoms with Gasteiger partial charge in [0.25, 0.3) is 5.91 Å². The number of rotatable bonds is 8. The monoisotopic (exact) mass is 517 g/mol. The minimum Gasteiger partial charge on any atom is -0.490 e. The van der Waals surface area contributed by atoms with E-state index in [2.05, 4.69) is 20.7 Å². The molecule has 0 aromatic carbocycles. The van der Waals surface area contributed by atoms with Crippen molar-refractivity contribution >= 4 is 70.1 Å². The van der Waals surface area contributed by atoms with Crippen LogP contribution in [0.2, 0.25) is 0 Å². The molecule has 2 saturated heterocycles. The van der Waals surface area contributed by atoms with Crippen molar-refractivity contribution in [3.63, 3.8) is 0 Å². The van der Waals surface area contributed by atoms with E-state index >= 15 is 0 Å². The number of hydrogen-bond donors (Lipinski definition) is 2. The Bertz CT molecular complexity index is 957. The lowest BCUT2D eigenvalue weighted by atomic mass is 9.89. The Labute approximate surface area is 199 Å². The standard InChI is InChI=1S/C17H19N5O6S4/c1-27-21-10(9-4-29-3-2-28-9)12(23)19-11-13(24)22-5-17(15(25)26,6-30-14(11)22)7-31-16-20-18-8-32-16/h4,8,11,14H,2-3,5-7H2,1H3,(H,19,23)(H,25,26)/t11?,14-,17?/m1/s1. The van der Waals surface area contributed by atoms with Crippen LogP contribution in [-0.4, -0.2) is 92.6 Å². The third kappa shape index (κ3) is 4.56. The van der Waals surface area contributed by atoms with Crippen LogP contribution in [0.3, 0.4) is 0 Å². The smallest absolute Gasteiger partial charge is 0.313 e. The molecular weight excluding hydrogens is 498 g/mol. The van der Waals surface area contributed by atoms with Crippen LogP contribution < -0.4 is 5.32 Å². The number of oxime groups is 1. The number of carbonyl (C=O) groups excluding carboxylic acids is 2. The summed E-state index contributed by atoms with van der Waals surface area (Å²) in [6, 6.07) is -0.769. The topological polar surface area (TPSA) is 143 Å². The van der Waals surface area contributed by atoms with Gasteiger partial charge in [0.1, 0.15) is 29.5 Å². The molecule has 1 aromatic rings. The van der Waals surface area contributed by atoms with Crippen molar-refractivity contribution in [2.24, 2.45) is 10.6 Å². The molecule has 32 heavy (non-hydrogen) atoms. The van der Waals surface area contributed by atoms with Gasteiger partial charge in [0.05, 0.1) is 6.61 Å². The molecule has 2 N–H and O–H groups in total. The van der Waals surface area contributed by atoms with Crippen molar-refractivity contribution in [1.82, 2.24) is 20.4 Å². The number of carboxylic acid groups (broad SMARTS) is 1. The molecule has 0 saturated carbocycles. The predicted molar refractivity (Wildman–Crippen MR) is 122 cm³/mol. The van der Waals surface area contributed by atoms with Gasteiger partial charge in [0, 0.05) is 29.2 Å². The lowest BCUT2D eigenvalue weighted by Gasteiger charge is -2.53. The molecule has 0 spiro atoms. The van der Waals surface area contributed by atoms with E-state index in [4.69, 9.17) is 9.57 Å². The van der Waals surface area contributed by atoms with E-state index in [1.807, 2.05) is 0 Å². The number of nitrogens with one attached hydrogen (secondary N) is 1. The minimum atomic E-state index is -1.11. The highest BCUT2D eigenvalue weighted by atomic mass is 32.2. The summed E-state index contributed by atoms with van der Waals surface area (Å²) >= 11 is 5.49. The molecule has 2 unspecified atom stereocenters. The SMILES string of the molecule is CON=C(C(=O)NC1C(=O)N2CC(CSc3nncs3)(C(=O)O)CS[C@H]12)C1=CSCCO1. The van der Waals surface area contributed by atoms with Gasteiger partial charge in [0.15, 0.2) is 10.1 Å². The number of nitrogens with zero attached hydrogens (tertiary/aromatic N) is 4. The maximum Gasteiger partial charge on any atom is 0.313 e. The molecular formula is C17H19N5O6S4. The van der Waals surface area contributed by atoms with E-state index in [-0.39, 0.29) is 29.3 Å². The number of ether oxygens (including phenoxy) is 1. The van der Waals surface area contributed by atoms with Crippen molar-refractivity contribution in [3.05, 3.63) is 16.7 Å². The molecule has 4 heterocycles. The number of carbonyl (C=O) groups is 3. The van der Waals surface area contributed by atoms with E-state index < -0.39 is 23.3 Å². The first-order valence-corrected chi connectivity index (χ1v) is 13.3. The molecule has 2 fully saturated rings. The Morgan fingerprint density at radius 2 is 2.38 bits per heavy atom. The Hall–Kier alpha value is -1.97. The molecule has 0 bridgehead atoms. The molecule has 11 nitrogen and oxygen atoms in total. The van der Waals surface area contributed by atoms with E-state index in [9.17, 15) is 19.5 Å². The molecule has 3 atom stereocenters. The molecule has 1 aromatic heterocycles. The quantitative estimate of drug-likeness (QED) is 0.218. The van der Waals surface area contributed by atoms with E-state index in [1.54, 1.807) is 10.9 Å². The van der Waals surface area contributed by atoms with Crippen LogP contribution in [0.5, 0.6) is 0 Å². The van der Waals surface area contributed by atoms with Gasteiger partial charge in [-0.15, -0.1) is 33.7 Å². The van der Waals surface area contributed by atoms with Crippen LogP contribution in [0.15, 0.2) is 26.2 Å². The summed E-state index contributed by atoms with van der Waals surface area (Å²) in [5.41, 5.74) is 0.435. The first-order valence-electron chi connectivity index (χ1n) is 9.36. The fourth-order valence-corrected chi connectivity index (χ4v) is 7.30. The van der Waals surface area contributed by atoms with Crippen LogP contribution in [0, 0.1) is 5.41 Å². The number of aromatic nitrogens is 2. The highest BCUT2D eigenvalue weighted by molar-refractivity contribution is 8.02. The first-order chi connectivity index (χ1) is 15.4. The number of amides is 2. The summed E-state index contributed by atoms with van der Waals surface area (Å²) in [5.74, 6) is -0.241. The van der Waals surface area contributed by atoms with Gasteiger partial charge in [-0.3, -0.25) is 14.4 Å². The Morgan fingerprint density at radius 3 is 3.03 bits per heavy atom. The number of thioether (sulfide) groups is 3. The maximum atomic E-state index is 12.8. The largest absolute Gasteiger partial charge is 0.490 e. The lowest BCUT2D eigenvalue weighted by molar-refractivity contribution is -0.157. The zero-order chi connectivity index (χ0) is 22.7. The Kier molecular flexibility index (Phi) is 7.17. The molecule has 0 aliphatic carbocycles. The number of aliphatic carboxylic acids is 1. The van der Waals surface area contributed by atoms with Crippen LogP contribution in [0.1, 0.15) is 0 Å². The van der Waals surface area contributed by atoms with Gasteiger partial charge in [-0.25, -0.2) is 0 Å². The molecule has 2 amide bonds. The van der Waals surface area contributed by atoms with Gasteiger partial charge in [0.2, 0.25) is 11.6 Å². The summed E-state index contributed by atoms with van der Waals surface area (Å²) in [5, 5.41) is 25.4. The fourth-order valence-electron chi connectivity index (χ4n) is 3.32. The maximum absolute atomic E-state index is 12.8. The van der Waals surface area contributed by atoms with Crippen LogP contribution in [-0.2, 0) is 24.0 Å². The van der Waals surface area contributed by atoms with Crippen LogP contribution >= 0.6 is 46.6 Å². The van der Waals surface area contributed by atoms with Crippen LogP contribution in [0.25, 0.3) is 0 Å². The molecule has 15 heteroatoms. The first kappa shape index (κ1) is 23.2. The van der Waals surface area contributed by atoms with Gasteiger partial charge >= 0.3 is 5.97 Å². The van der Waals surface area contributed by atoms with Crippen molar-refractivity contribution < 1.29 is 29.1 Å². The molecule has 172 valence electrons. The highest BCUT2D eigenvalue weighted by Crippen LogP contribution is 2.44. The van der Waals surface area contributed by atoms with Crippen LogP contribution in [0.4, 0.5) is 0 Å². The average Bonchev–Trinajstić information content (AvgIpc) is 3.33. The number of hydrogen-bond acceptors (Lipinski definition) is 12. The number of fused-ring (bicyclic) bond motifs is 1. The van der Waals surface area contributed by atoms with E-state index in [0.29, 0.717) is 22.5 Å². The van der Waals surface area contributed by atoms with Crippen molar-refractivity contribution in [3.8, 4) is 0 Å². The normalized spacial score (nSPS) is 27.5. The zero-order valence-corrected chi connectivity index (χ0v) is 20.0. The Balaban J connectivity index is 1.41. The summed E-state index contributed by atoms with van der Waals surface area (Å²) < 4.78 is 6.16. The summed E-state index contributed by atoms with van der Waals surface area (Å²) in [7, 11) is 1.32. The second kappa shape index (κ2) is 9.89. The number of β-lactam (4-membered cyclic amide) rings is 1. The lowest BCUT2D eigenvalue weighted by Crippen LogP contribution is -2.74. The minimum absolute atomic E-state index is 0.0416. The van der Waals surface area contributed by atoms with E-state index in [0.717, 1.165) is 5.75 Å². The zero-order valence-electron chi connectivity index (χ0n) is 16.8. The van der Waals surface area contributed by atoms with Crippen molar-refractivity contribution in [1.29, 1.82) is 0 Å². The van der Waals surface area contributed by atoms with E-state index in [1.165, 1.54) is 58.6 Å². The second-order valence-corrected chi connectivity index (χ2v) is 11.2. The van der Waals surface area contributed by atoms with Crippen molar-refractivity contribution in [2.75, 3.05) is 37.5 Å². The fraction of sp³-hybridized carbons (Fsp3) is 0.529. The summed E-state index contributed by atoms with van der Waals surface area (Å²) in [4.78, 5) is 44.0. The second-order valence-electron chi connectivity index (χ2n) is 7.02. The van der Waals surface area contributed by atoms with Gasteiger partial charge in [-0.1, -0.05) is 28.3 Å². The average molecular weight is 518 g/mol. The Morgan fingerprint density at radius 1 is 1.53 bits per heavy atom. The molecule has 3 aliphatic rings. The van der Waals surface area contributed by atoms with Gasteiger partial charge in [-0.2, -0.15) is 0 Å². The third-order valence-electron chi connectivity index (χ3n) is 4.98. The molecule has 4 rings (SSSR count). The molecule has 3 aliphatic heterocycles. The number of carboxylic acids is 1. The predicted octanol–water partition coefficient (Wildman–Crippen LogP) is 0.708.